The zero-order valence-corrected chi connectivity index (χ0v) is 12.6. The number of amides is 1. The van der Waals surface area contributed by atoms with Crippen LogP contribution in [0.25, 0.3) is 0 Å². The number of piperazine rings is 1. The third-order valence-corrected chi connectivity index (χ3v) is 3.48. The van der Waals surface area contributed by atoms with E-state index in [1.165, 1.54) is 4.90 Å². The van der Waals surface area contributed by atoms with E-state index in [1.54, 1.807) is 0 Å². The first-order valence-electron chi connectivity index (χ1n) is 7.24. The Hall–Kier alpha value is -0.860. The van der Waals surface area contributed by atoms with Crippen LogP contribution in [0.3, 0.4) is 0 Å². The lowest BCUT2D eigenvalue weighted by molar-refractivity contribution is -0.149. The molecular formula is C13H25F3N4O. The maximum atomic E-state index is 12.3. The van der Waals surface area contributed by atoms with Gasteiger partial charge in [-0.25, -0.2) is 0 Å². The number of hydrogen-bond acceptors (Lipinski definition) is 4. The monoisotopic (exact) mass is 310 g/mol. The molecule has 1 heterocycles. The van der Waals surface area contributed by atoms with E-state index in [2.05, 4.69) is 10.2 Å². The molecule has 1 fully saturated rings. The van der Waals surface area contributed by atoms with Crippen molar-refractivity contribution in [1.29, 1.82) is 0 Å². The third-order valence-electron chi connectivity index (χ3n) is 3.48. The van der Waals surface area contributed by atoms with E-state index in [1.807, 2.05) is 13.8 Å². The Kier molecular flexibility index (Phi) is 6.89. The number of hydrogen-bond donors (Lipinski definition) is 2. The molecule has 0 aliphatic carbocycles. The average Bonchev–Trinajstić information content (AvgIpc) is 2.33. The molecule has 1 saturated heterocycles. The predicted molar refractivity (Wildman–Crippen MR) is 74.8 cm³/mol. The Bertz CT molecular complexity index is 328. The quantitative estimate of drug-likeness (QED) is 0.715. The van der Waals surface area contributed by atoms with Crippen LogP contribution in [0.4, 0.5) is 13.2 Å². The van der Waals surface area contributed by atoms with Gasteiger partial charge in [0.2, 0.25) is 5.91 Å². The zero-order chi connectivity index (χ0) is 16.0. The van der Waals surface area contributed by atoms with Crippen molar-refractivity contribution in [2.45, 2.75) is 38.5 Å². The summed E-state index contributed by atoms with van der Waals surface area (Å²) < 4.78 is 36.9. The molecule has 3 N–H and O–H groups in total. The normalized spacial score (nSPS) is 19.9. The van der Waals surface area contributed by atoms with Gasteiger partial charge in [0, 0.05) is 38.8 Å². The summed E-state index contributed by atoms with van der Waals surface area (Å²) in [5.41, 5.74) is 5.34. The summed E-state index contributed by atoms with van der Waals surface area (Å²) in [6, 6.07) is -0.232. The topological polar surface area (TPSA) is 61.6 Å². The number of nitrogens with one attached hydrogen (secondary N) is 1. The average molecular weight is 310 g/mol. The van der Waals surface area contributed by atoms with Crippen LogP contribution in [0, 0.1) is 0 Å². The summed E-state index contributed by atoms with van der Waals surface area (Å²) in [5.74, 6) is -0.389. The highest BCUT2D eigenvalue weighted by Gasteiger charge is 2.32. The molecule has 124 valence electrons. The molecule has 0 spiro atoms. The second-order valence-electron chi connectivity index (χ2n) is 5.80. The fourth-order valence-corrected chi connectivity index (χ4v) is 2.45. The van der Waals surface area contributed by atoms with E-state index in [9.17, 15) is 18.0 Å². The van der Waals surface area contributed by atoms with Gasteiger partial charge < -0.3 is 16.0 Å². The molecular weight excluding hydrogens is 285 g/mol. The molecule has 1 unspecified atom stereocenters. The number of carbonyl (C=O) groups excluding carboxylic acids is 1. The third kappa shape index (κ3) is 7.63. The molecule has 8 heteroatoms. The van der Waals surface area contributed by atoms with Gasteiger partial charge in [0.1, 0.15) is 0 Å². The van der Waals surface area contributed by atoms with Crippen LogP contribution in [0.2, 0.25) is 0 Å². The zero-order valence-electron chi connectivity index (χ0n) is 12.6. The number of nitrogens with zero attached hydrogens (tertiary/aromatic N) is 2. The molecule has 1 atom stereocenters. The van der Waals surface area contributed by atoms with Crippen molar-refractivity contribution in [3.63, 3.8) is 0 Å². The lowest BCUT2D eigenvalue weighted by Gasteiger charge is -2.35. The van der Waals surface area contributed by atoms with Gasteiger partial charge in [0.05, 0.1) is 12.6 Å². The van der Waals surface area contributed by atoms with Crippen LogP contribution in [0.15, 0.2) is 0 Å². The van der Waals surface area contributed by atoms with Crippen LogP contribution in [-0.4, -0.2) is 73.2 Å². The minimum Gasteiger partial charge on any atom is -0.368 e. The Balaban J connectivity index is 2.30. The van der Waals surface area contributed by atoms with Gasteiger partial charge in [0.25, 0.3) is 0 Å². The summed E-state index contributed by atoms with van der Waals surface area (Å²) in [4.78, 5) is 14.8. The van der Waals surface area contributed by atoms with Gasteiger partial charge in [-0.1, -0.05) is 13.8 Å². The van der Waals surface area contributed by atoms with E-state index in [0.717, 1.165) is 0 Å². The molecule has 1 aliphatic rings. The number of nitrogens with two attached hydrogens (primary N) is 1. The van der Waals surface area contributed by atoms with E-state index in [-0.39, 0.29) is 11.9 Å². The Morgan fingerprint density at radius 3 is 2.14 bits per heavy atom. The van der Waals surface area contributed by atoms with Crippen LogP contribution in [0.1, 0.15) is 20.3 Å². The molecule has 21 heavy (non-hydrogen) atoms. The lowest BCUT2D eigenvalue weighted by atomic mass is 10.1. The van der Waals surface area contributed by atoms with Crippen LogP contribution in [0.5, 0.6) is 0 Å². The number of rotatable bonds is 7. The molecule has 0 aromatic rings. The summed E-state index contributed by atoms with van der Waals surface area (Å²) in [7, 11) is 0. The highest BCUT2D eigenvalue weighted by atomic mass is 19.4. The first-order valence-corrected chi connectivity index (χ1v) is 7.24. The molecule has 1 aliphatic heterocycles. The highest BCUT2D eigenvalue weighted by molar-refractivity contribution is 5.79. The summed E-state index contributed by atoms with van der Waals surface area (Å²) in [6.07, 6.45) is -3.56. The predicted octanol–water partition coefficient (Wildman–Crippen LogP) is 0.408. The van der Waals surface area contributed by atoms with Gasteiger partial charge in [-0.05, 0) is 6.42 Å². The minimum atomic E-state index is -4.14. The fourth-order valence-electron chi connectivity index (χ4n) is 2.45. The Morgan fingerprint density at radius 2 is 1.71 bits per heavy atom. The fraction of sp³-hybridized carbons (Fsp3) is 0.923. The molecule has 1 amide bonds. The van der Waals surface area contributed by atoms with Gasteiger partial charge in [0.15, 0.2) is 0 Å². The van der Waals surface area contributed by atoms with Crippen molar-refractivity contribution in [3.8, 4) is 0 Å². The van der Waals surface area contributed by atoms with Crippen LogP contribution in [-0.2, 0) is 4.79 Å². The molecule has 0 aromatic heterocycles. The second kappa shape index (κ2) is 7.95. The Morgan fingerprint density at radius 1 is 1.19 bits per heavy atom. The summed E-state index contributed by atoms with van der Waals surface area (Å²) >= 11 is 0. The van der Waals surface area contributed by atoms with Crippen molar-refractivity contribution < 1.29 is 18.0 Å². The van der Waals surface area contributed by atoms with Crippen LogP contribution >= 0.6 is 0 Å². The first kappa shape index (κ1) is 18.2. The van der Waals surface area contributed by atoms with Gasteiger partial charge in [-0.2, -0.15) is 13.2 Å². The number of alkyl halides is 3. The van der Waals surface area contributed by atoms with E-state index in [4.69, 9.17) is 5.73 Å². The lowest BCUT2D eigenvalue weighted by Crippen LogP contribution is -2.51. The van der Waals surface area contributed by atoms with Gasteiger partial charge in [-0.3, -0.25) is 9.69 Å². The maximum Gasteiger partial charge on any atom is 0.401 e. The second-order valence-corrected chi connectivity index (χ2v) is 5.80. The molecule has 5 nitrogen and oxygen atoms in total. The Labute approximate surface area is 123 Å². The van der Waals surface area contributed by atoms with Crippen molar-refractivity contribution in [2.75, 3.05) is 39.3 Å². The van der Waals surface area contributed by atoms with Crippen molar-refractivity contribution in [2.24, 2.45) is 5.73 Å². The number of carbonyl (C=O) groups is 1. The van der Waals surface area contributed by atoms with E-state index < -0.39 is 18.8 Å². The maximum absolute atomic E-state index is 12.3. The smallest absolute Gasteiger partial charge is 0.368 e. The molecule has 0 bridgehead atoms. The van der Waals surface area contributed by atoms with E-state index >= 15 is 0 Å². The summed E-state index contributed by atoms with van der Waals surface area (Å²) in [6.45, 7) is 5.66. The van der Waals surface area contributed by atoms with E-state index in [0.29, 0.717) is 39.1 Å². The molecule has 0 radical (unpaired) electrons. The standard InChI is InChI=1S/C13H25F3N4O/c1-10(2)18-11(12(17)21)3-4-19-5-7-20(8-6-19)9-13(14,15)16/h10-11,18H,3-9H2,1-2H3,(H2,17,21). The highest BCUT2D eigenvalue weighted by Crippen LogP contribution is 2.17. The van der Waals surface area contributed by atoms with Crippen molar-refractivity contribution in [1.82, 2.24) is 15.1 Å². The summed E-state index contributed by atoms with van der Waals surface area (Å²) in [5, 5.41) is 3.10. The van der Waals surface area contributed by atoms with Gasteiger partial charge in [-0.15, -0.1) is 0 Å². The van der Waals surface area contributed by atoms with Crippen molar-refractivity contribution in [3.05, 3.63) is 0 Å². The largest absolute Gasteiger partial charge is 0.401 e. The van der Waals surface area contributed by atoms with Crippen LogP contribution < -0.4 is 11.1 Å². The molecule has 1 rings (SSSR count). The molecule has 0 saturated carbocycles. The minimum absolute atomic E-state index is 0.158. The number of halogens is 3. The van der Waals surface area contributed by atoms with Gasteiger partial charge >= 0.3 is 6.18 Å². The first-order chi connectivity index (χ1) is 9.67. The SMILES string of the molecule is CC(C)NC(CCN1CCN(CC(F)(F)F)CC1)C(N)=O. The molecule has 0 aromatic carbocycles. The van der Waals surface area contributed by atoms with Crippen molar-refractivity contribution >= 4 is 5.91 Å². The number of primary amides is 1.